The number of amides is 4. The molecule has 2 saturated heterocycles. The number of carboxylic acids is 2. The molecule has 5 rings (SSSR count). The Hall–Kier alpha value is -3.04. The molecule has 5 aliphatic rings. The summed E-state index contributed by atoms with van der Waals surface area (Å²) in [5.41, 5.74) is 0. The third-order valence-corrected chi connectivity index (χ3v) is 6.74. The fourth-order valence-electron chi connectivity index (χ4n) is 5.57. The second kappa shape index (κ2) is 7.33. The molecule has 30 heavy (non-hydrogen) atoms. The Bertz CT molecular complexity index is 766. The molecule has 0 spiro atoms. The van der Waals surface area contributed by atoms with Crippen molar-refractivity contribution in [2.75, 3.05) is 13.1 Å². The van der Waals surface area contributed by atoms with E-state index in [1.165, 1.54) is 0 Å². The van der Waals surface area contributed by atoms with Crippen LogP contribution in [0.25, 0.3) is 0 Å². The Morgan fingerprint density at radius 1 is 0.667 bits per heavy atom. The molecule has 3 fully saturated rings. The molecule has 10 nitrogen and oxygen atoms in total. The minimum atomic E-state index is -1.01. The predicted molar refractivity (Wildman–Crippen MR) is 97.3 cm³/mol. The van der Waals surface area contributed by atoms with E-state index < -0.39 is 71.1 Å². The molecule has 0 radical (unpaired) electrons. The van der Waals surface area contributed by atoms with E-state index in [1.807, 2.05) is 0 Å². The lowest BCUT2D eigenvalue weighted by Gasteiger charge is -2.44. The first kappa shape index (κ1) is 20.2. The van der Waals surface area contributed by atoms with E-state index in [0.717, 1.165) is 9.80 Å². The van der Waals surface area contributed by atoms with Gasteiger partial charge in [0.2, 0.25) is 23.6 Å². The van der Waals surface area contributed by atoms with Crippen LogP contribution >= 0.6 is 0 Å². The third kappa shape index (κ3) is 2.93. The summed E-state index contributed by atoms with van der Waals surface area (Å²) < 4.78 is 0. The van der Waals surface area contributed by atoms with E-state index in [0.29, 0.717) is 0 Å². The molecule has 0 aromatic carbocycles. The highest BCUT2D eigenvalue weighted by Crippen LogP contribution is 2.57. The Kier molecular flexibility index (Phi) is 4.95. The van der Waals surface area contributed by atoms with Gasteiger partial charge in [-0.2, -0.15) is 0 Å². The van der Waals surface area contributed by atoms with E-state index in [2.05, 4.69) is 0 Å². The van der Waals surface area contributed by atoms with Gasteiger partial charge in [0.05, 0.1) is 23.7 Å². The Morgan fingerprint density at radius 3 is 1.23 bits per heavy atom. The zero-order valence-electron chi connectivity index (χ0n) is 16.1. The summed E-state index contributed by atoms with van der Waals surface area (Å²) in [6.45, 7) is 0.0178. The minimum absolute atomic E-state index is 0.00888. The number of carbonyl (C=O) groups excluding carboxylic acids is 4. The highest BCUT2D eigenvalue weighted by atomic mass is 16.4. The molecular weight excluding hydrogens is 396 g/mol. The molecule has 2 N–H and O–H groups in total. The monoisotopic (exact) mass is 418 g/mol. The maximum absolute atomic E-state index is 13.0. The van der Waals surface area contributed by atoms with Gasteiger partial charge in [0.25, 0.3) is 0 Å². The second-order valence-corrected chi connectivity index (χ2v) is 8.29. The Balaban J connectivity index is 1.55. The standard InChI is InChI=1S/C20H22N2O8/c23-11(24)3-1-7-21-17(27)13-9-5-6-10(14(13)18(21)28)16-15(9)19(29)22(20(16)30)8-2-4-12(25)26/h5-6,9-10,13-16H,1-4,7-8H2,(H,23,24)(H,25,26)/t9?,10?,13-,14-,15-,16+/m0/s1. The predicted octanol–water partition coefficient (Wildman–Crippen LogP) is -0.266. The SMILES string of the molecule is O=C(O)CCCN1C(=O)[C@@H]2C3C=CC([C@@H]2C1=O)[C@@H]1C(=O)N(CCCC(=O)O)C(=O)[C@@H]31. The van der Waals surface area contributed by atoms with Crippen LogP contribution in [0.4, 0.5) is 0 Å². The molecule has 6 atom stereocenters. The van der Waals surface area contributed by atoms with E-state index in [9.17, 15) is 28.8 Å². The minimum Gasteiger partial charge on any atom is -0.481 e. The van der Waals surface area contributed by atoms with Gasteiger partial charge in [-0.25, -0.2) is 0 Å². The first-order chi connectivity index (χ1) is 14.2. The molecule has 10 heteroatoms. The van der Waals surface area contributed by atoms with Crippen molar-refractivity contribution in [2.45, 2.75) is 25.7 Å². The lowest BCUT2D eigenvalue weighted by atomic mass is 9.54. The molecule has 2 unspecified atom stereocenters. The number of rotatable bonds is 8. The number of nitrogens with zero attached hydrogens (tertiary/aromatic N) is 2. The van der Waals surface area contributed by atoms with Crippen molar-refractivity contribution in [1.29, 1.82) is 0 Å². The maximum Gasteiger partial charge on any atom is 0.303 e. The Labute approximate surface area is 171 Å². The summed E-state index contributed by atoms with van der Waals surface area (Å²) >= 11 is 0. The van der Waals surface area contributed by atoms with E-state index >= 15 is 0 Å². The molecule has 4 amide bonds. The van der Waals surface area contributed by atoms with Crippen LogP contribution in [0.5, 0.6) is 0 Å². The van der Waals surface area contributed by atoms with Gasteiger partial charge in [-0.3, -0.25) is 38.6 Å². The quantitative estimate of drug-likeness (QED) is 0.404. The van der Waals surface area contributed by atoms with Gasteiger partial charge >= 0.3 is 11.9 Å². The lowest BCUT2D eigenvalue weighted by molar-refractivity contribution is -0.143. The highest BCUT2D eigenvalue weighted by molar-refractivity contribution is 6.10. The average molecular weight is 418 g/mol. The van der Waals surface area contributed by atoms with Gasteiger partial charge in [-0.05, 0) is 12.8 Å². The smallest absolute Gasteiger partial charge is 0.303 e. The van der Waals surface area contributed by atoms with Gasteiger partial charge in [-0.1, -0.05) is 12.2 Å². The number of carbonyl (C=O) groups is 6. The molecule has 1 saturated carbocycles. The van der Waals surface area contributed by atoms with Gasteiger partial charge in [0.15, 0.2) is 0 Å². The van der Waals surface area contributed by atoms with Crippen LogP contribution in [-0.2, 0) is 28.8 Å². The lowest BCUT2D eigenvalue weighted by Crippen LogP contribution is -2.50. The summed E-state index contributed by atoms with van der Waals surface area (Å²) in [6.07, 6.45) is 3.49. The average Bonchev–Trinajstić information content (AvgIpc) is 3.10. The van der Waals surface area contributed by atoms with Crippen LogP contribution in [0.15, 0.2) is 12.2 Å². The molecule has 2 aliphatic heterocycles. The number of carboxylic acid groups (broad SMARTS) is 2. The number of allylic oxidation sites excluding steroid dienone is 2. The van der Waals surface area contributed by atoms with Crippen molar-refractivity contribution in [1.82, 2.24) is 9.80 Å². The number of likely N-dealkylation sites (tertiary alicyclic amines) is 2. The van der Waals surface area contributed by atoms with E-state index in [-0.39, 0.29) is 38.8 Å². The van der Waals surface area contributed by atoms with Crippen molar-refractivity contribution in [3.05, 3.63) is 12.2 Å². The summed E-state index contributed by atoms with van der Waals surface area (Å²) in [5, 5.41) is 17.6. The summed E-state index contributed by atoms with van der Waals surface area (Å²) in [6, 6.07) is 0. The van der Waals surface area contributed by atoms with Crippen molar-refractivity contribution in [3.8, 4) is 0 Å². The van der Waals surface area contributed by atoms with Crippen molar-refractivity contribution >= 4 is 35.6 Å². The van der Waals surface area contributed by atoms with Crippen LogP contribution in [0.1, 0.15) is 25.7 Å². The van der Waals surface area contributed by atoms with E-state index in [1.54, 1.807) is 12.2 Å². The highest BCUT2D eigenvalue weighted by Gasteiger charge is 2.68. The zero-order chi connectivity index (χ0) is 21.7. The van der Waals surface area contributed by atoms with Crippen LogP contribution in [0, 0.1) is 35.5 Å². The van der Waals surface area contributed by atoms with Crippen LogP contribution in [0.3, 0.4) is 0 Å². The first-order valence-corrected chi connectivity index (χ1v) is 10.1. The number of hydrogen-bond acceptors (Lipinski definition) is 6. The molecule has 2 bridgehead atoms. The number of imide groups is 2. The van der Waals surface area contributed by atoms with Crippen molar-refractivity contribution in [3.63, 3.8) is 0 Å². The summed E-state index contributed by atoms with van der Waals surface area (Å²) in [4.78, 5) is 75.5. The van der Waals surface area contributed by atoms with Crippen LogP contribution < -0.4 is 0 Å². The molecule has 0 aromatic rings. The fourth-order valence-corrected chi connectivity index (χ4v) is 5.57. The van der Waals surface area contributed by atoms with Crippen LogP contribution in [0.2, 0.25) is 0 Å². The normalized spacial score (nSPS) is 34.0. The van der Waals surface area contributed by atoms with Gasteiger partial charge in [0.1, 0.15) is 0 Å². The van der Waals surface area contributed by atoms with E-state index in [4.69, 9.17) is 10.2 Å². The number of aliphatic carboxylic acids is 2. The number of hydrogen-bond donors (Lipinski definition) is 2. The summed E-state index contributed by atoms with van der Waals surface area (Å²) in [7, 11) is 0. The fraction of sp³-hybridized carbons (Fsp3) is 0.600. The zero-order valence-corrected chi connectivity index (χ0v) is 16.1. The molecule has 0 aromatic heterocycles. The molecular formula is C20H22N2O8. The third-order valence-electron chi connectivity index (χ3n) is 6.74. The van der Waals surface area contributed by atoms with Crippen molar-refractivity contribution in [2.24, 2.45) is 35.5 Å². The largest absolute Gasteiger partial charge is 0.481 e. The molecule has 2 heterocycles. The first-order valence-electron chi connectivity index (χ1n) is 10.1. The molecule has 3 aliphatic carbocycles. The Morgan fingerprint density at radius 2 is 0.967 bits per heavy atom. The van der Waals surface area contributed by atoms with Gasteiger partial charge < -0.3 is 10.2 Å². The topological polar surface area (TPSA) is 149 Å². The van der Waals surface area contributed by atoms with Crippen LogP contribution in [-0.4, -0.2) is 68.7 Å². The maximum atomic E-state index is 13.0. The van der Waals surface area contributed by atoms with Gasteiger partial charge in [0, 0.05) is 37.8 Å². The van der Waals surface area contributed by atoms with Gasteiger partial charge in [-0.15, -0.1) is 0 Å². The van der Waals surface area contributed by atoms with Crippen molar-refractivity contribution < 1.29 is 39.0 Å². The second-order valence-electron chi connectivity index (χ2n) is 8.29. The molecule has 160 valence electrons. The summed E-state index contributed by atoms with van der Waals surface area (Å²) in [5.74, 6) is -7.62.